The van der Waals surface area contributed by atoms with Crippen molar-refractivity contribution in [2.24, 2.45) is 5.92 Å². The number of aryl methyl sites for hydroxylation is 1. The summed E-state index contributed by atoms with van der Waals surface area (Å²) in [4.78, 5) is 7.33. The van der Waals surface area contributed by atoms with Crippen LogP contribution in [0, 0.1) is 12.8 Å². The van der Waals surface area contributed by atoms with Gasteiger partial charge in [0.05, 0.1) is 10.7 Å². The second-order valence-corrected chi connectivity index (χ2v) is 8.15. The molecule has 0 radical (unpaired) electrons. The van der Waals surface area contributed by atoms with Crippen molar-refractivity contribution in [3.05, 3.63) is 16.1 Å². The van der Waals surface area contributed by atoms with Gasteiger partial charge in [-0.1, -0.05) is 0 Å². The van der Waals surface area contributed by atoms with Gasteiger partial charge in [-0.05, 0) is 46.5 Å². The molecule has 1 aliphatic carbocycles. The lowest BCUT2D eigenvalue weighted by molar-refractivity contribution is 0.00443. The van der Waals surface area contributed by atoms with Crippen LogP contribution in [-0.2, 0) is 6.54 Å². The summed E-state index contributed by atoms with van der Waals surface area (Å²) in [5, 5.41) is 7.13. The zero-order chi connectivity index (χ0) is 13.7. The van der Waals surface area contributed by atoms with Crippen LogP contribution >= 0.6 is 11.3 Å². The number of hydrogen-bond acceptors (Lipinski definition) is 4. The third-order valence-corrected chi connectivity index (χ3v) is 5.53. The normalized spacial score (nSPS) is 31.6. The van der Waals surface area contributed by atoms with Crippen LogP contribution in [0.4, 0.5) is 0 Å². The third-order valence-electron chi connectivity index (χ3n) is 4.71. The molecule has 1 saturated carbocycles. The van der Waals surface area contributed by atoms with Crippen LogP contribution in [0.1, 0.15) is 44.3 Å². The quantitative estimate of drug-likeness (QED) is 0.922. The third kappa shape index (κ3) is 2.71. The zero-order valence-corrected chi connectivity index (χ0v) is 13.3. The number of aromatic nitrogens is 1. The molecule has 1 N–H and O–H groups in total. The molecule has 0 spiro atoms. The lowest BCUT2D eigenvalue weighted by Crippen LogP contribution is -2.67. The van der Waals surface area contributed by atoms with Crippen molar-refractivity contribution >= 4 is 11.3 Å². The Morgan fingerprint density at radius 3 is 2.74 bits per heavy atom. The van der Waals surface area contributed by atoms with Crippen molar-refractivity contribution in [1.82, 2.24) is 15.2 Å². The number of hydrogen-bond donors (Lipinski definition) is 1. The smallest absolute Gasteiger partial charge is 0.0897 e. The van der Waals surface area contributed by atoms with Crippen molar-refractivity contribution in [2.45, 2.75) is 58.2 Å². The topological polar surface area (TPSA) is 28.2 Å². The monoisotopic (exact) mass is 279 g/mol. The molecule has 4 heteroatoms. The Kier molecular flexibility index (Phi) is 3.23. The second kappa shape index (κ2) is 4.54. The van der Waals surface area contributed by atoms with E-state index in [1.165, 1.54) is 23.5 Å². The molecule has 106 valence electrons. The zero-order valence-electron chi connectivity index (χ0n) is 12.5. The molecule has 1 saturated heterocycles. The number of nitrogens with one attached hydrogen (secondary N) is 1. The maximum atomic E-state index is 4.65. The van der Waals surface area contributed by atoms with E-state index in [1.807, 2.05) is 0 Å². The Balaban J connectivity index is 1.80. The van der Waals surface area contributed by atoms with Gasteiger partial charge in [-0.25, -0.2) is 4.98 Å². The second-order valence-electron chi connectivity index (χ2n) is 7.08. The largest absolute Gasteiger partial charge is 0.309 e. The minimum atomic E-state index is 0.208. The highest BCUT2D eigenvalue weighted by molar-refractivity contribution is 7.09. The molecule has 2 aliphatic rings. The Hall–Kier alpha value is -0.450. The van der Waals surface area contributed by atoms with Crippen molar-refractivity contribution in [2.75, 3.05) is 13.1 Å². The molecule has 2 fully saturated rings. The minimum absolute atomic E-state index is 0.208. The van der Waals surface area contributed by atoms with E-state index in [0.29, 0.717) is 5.54 Å². The van der Waals surface area contributed by atoms with Gasteiger partial charge in [0.2, 0.25) is 0 Å². The first kappa shape index (κ1) is 13.5. The molecule has 1 aromatic rings. The molecule has 1 atom stereocenters. The minimum Gasteiger partial charge on any atom is -0.309 e. The van der Waals surface area contributed by atoms with Gasteiger partial charge in [-0.15, -0.1) is 11.3 Å². The Labute approximate surface area is 120 Å². The van der Waals surface area contributed by atoms with Crippen LogP contribution in [-0.4, -0.2) is 34.1 Å². The van der Waals surface area contributed by atoms with Gasteiger partial charge >= 0.3 is 0 Å². The maximum Gasteiger partial charge on any atom is 0.0897 e. The van der Waals surface area contributed by atoms with E-state index in [-0.39, 0.29) is 5.54 Å². The summed E-state index contributed by atoms with van der Waals surface area (Å²) in [6.07, 6.45) is 2.79. The lowest BCUT2D eigenvalue weighted by Gasteiger charge is -2.51. The molecule has 3 rings (SSSR count). The first-order chi connectivity index (χ1) is 8.89. The fourth-order valence-electron chi connectivity index (χ4n) is 3.26. The van der Waals surface area contributed by atoms with E-state index in [9.17, 15) is 0 Å². The summed E-state index contributed by atoms with van der Waals surface area (Å²) < 4.78 is 0. The van der Waals surface area contributed by atoms with E-state index in [1.54, 1.807) is 11.3 Å². The van der Waals surface area contributed by atoms with Gasteiger partial charge < -0.3 is 5.32 Å². The van der Waals surface area contributed by atoms with Gasteiger partial charge in [0, 0.05) is 36.1 Å². The Morgan fingerprint density at radius 2 is 2.16 bits per heavy atom. The highest BCUT2D eigenvalue weighted by Crippen LogP contribution is 2.45. The average molecular weight is 279 g/mol. The molecule has 2 heterocycles. The highest BCUT2D eigenvalue weighted by Gasteiger charge is 2.49. The van der Waals surface area contributed by atoms with Gasteiger partial charge in [-0.2, -0.15) is 0 Å². The van der Waals surface area contributed by atoms with Crippen molar-refractivity contribution in [3.8, 4) is 0 Å². The molecule has 0 bridgehead atoms. The first-order valence-corrected chi connectivity index (χ1v) is 8.18. The number of rotatable bonds is 3. The molecular weight excluding hydrogens is 254 g/mol. The van der Waals surface area contributed by atoms with Crippen LogP contribution < -0.4 is 5.32 Å². The molecule has 0 amide bonds. The van der Waals surface area contributed by atoms with Crippen LogP contribution in [0.5, 0.6) is 0 Å². The predicted octanol–water partition coefficient (Wildman–Crippen LogP) is 2.80. The molecule has 1 unspecified atom stereocenters. The molecular formula is C15H25N3S. The summed E-state index contributed by atoms with van der Waals surface area (Å²) in [7, 11) is 0. The van der Waals surface area contributed by atoms with E-state index < -0.39 is 0 Å². The number of nitrogens with zero attached hydrogens (tertiary/aromatic N) is 2. The summed E-state index contributed by atoms with van der Waals surface area (Å²) in [6.45, 7) is 12.4. The lowest BCUT2D eigenvalue weighted by atomic mass is 9.86. The summed E-state index contributed by atoms with van der Waals surface area (Å²) >= 11 is 1.76. The molecule has 1 aromatic heterocycles. The maximum absolute atomic E-state index is 4.65. The first-order valence-electron chi connectivity index (χ1n) is 7.30. The summed E-state index contributed by atoms with van der Waals surface area (Å²) in [6, 6.07) is 0. The van der Waals surface area contributed by atoms with Gasteiger partial charge in [0.25, 0.3) is 0 Å². The standard InChI is InChI=1S/C15H25N3S/c1-11-17-13(8-19-11)7-18-10-14(2,3)16-9-15(18,4)12-5-6-12/h8,12,16H,5-7,9-10H2,1-4H3. The molecule has 19 heavy (non-hydrogen) atoms. The van der Waals surface area contributed by atoms with E-state index in [4.69, 9.17) is 0 Å². The predicted molar refractivity (Wildman–Crippen MR) is 80.5 cm³/mol. The molecule has 3 nitrogen and oxygen atoms in total. The van der Waals surface area contributed by atoms with Gasteiger partial charge in [0.1, 0.15) is 0 Å². The number of thiazole rings is 1. The van der Waals surface area contributed by atoms with Gasteiger partial charge in [-0.3, -0.25) is 4.90 Å². The van der Waals surface area contributed by atoms with Crippen LogP contribution in [0.2, 0.25) is 0 Å². The Morgan fingerprint density at radius 1 is 1.42 bits per heavy atom. The van der Waals surface area contributed by atoms with Crippen molar-refractivity contribution in [3.63, 3.8) is 0 Å². The van der Waals surface area contributed by atoms with E-state index in [2.05, 4.69) is 48.3 Å². The van der Waals surface area contributed by atoms with Crippen molar-refractivity contribution in [1.29, 1.82) is 0 Å². The van der Waals surface area contributed by atoms with E-state index >= 15 is 0 Å². The van der Waals surface area contributed by atoms with Gasteiger partial charge in [0.15, 0.2) is 0 Å². The van der Waals surface area contributed by atoms with E-state index in [0.717, 1.165) is 25.6 Å². The van der Waals surface area contributed by atoms with Crippen LogP contribution in [0.25, 0.3) is 0 Å². The summed E-state index contributed by atoms with van der Waals surface area (Å²) in [5.74, 6) is 0.871. The Bertz CT molecular complexity index is 464. The van der Waals surface area contributed by atoms with Crippen LogP contribution in [0.15, 0.2) is 5.38 Å². The summed E-state index contributed by atoms with van der Waals surface area (Å²) in [5.41, 5.74) is 1.76. The SMILES string of the molecule is Cc1nc(CN2CC(C)(C)NCC2(C)C2CC2)cs1. The molecule has 1 aliphatic heterocycles. The fourth-order valence-corrected chi connectivity index (χ4v) is 3.87. The number of piperazine rings is 1. The van der Waals surface area contributed by atoms with Crippen molar-refractivity contribution < 1.29 is 0 Å². The highest BCUT2D eigenvalue weighted by atomic mass is 32.1. The average Bonchev–Trinajstić information content (AvgIpc) is 3.10. The molecule has 0 aromatic carbocycles. The fraction of sp³-hybridized carbons (Fsp3) is 0.800. The van der Waals surface area contributed by atoms with Crippen LogP contribution in [0.3, 0.4) is 0 Å².